The van der Waals surface area contributed by atoms with Gasteiger partial charge in [-0.05, 0) is 12.5 Å². The largest absolute Gasteiger partial charge is 0.360 e. The second kappa shape index (κ2) is 7.62. The summed E-state index contributed by atoms with van der Waals surface area (Å²) >= 11 is 1.56. The molecule has 1 N–H and O–H groups in total. The molecule has 140 valence electrons. The van der Waals surface area contributed by atoms with Crippen molar-refractivity contribution in [3.8, 4) is 0 Å². The van der Waals surface area contributed by atoms with Crippen LogP contribution in [-0.2, 0) is 25.9 Å². The molecular formula is C20H22N4O2S. The van der Waals surface area contributed by atoms with Crippen molar-refractivity contribution < 1.29 is 9.32 Å². The molecule has 27 heavy (non-hydrogen) atoms. The highest BCUT2D eigenvalue weighted by atomic mass is 32.1. The smallest absolute Gasteiger partial charge is 0.262 e. The van der Waals surface area contributed by atoms with Crippen LogP contribution in [-0.4, -0.2) is 27.5 Å². The number of nitrogens with zero attached hydrogens (tertiary/aromatic N) is 3. The van der Waals surface area contributed by atoms with Gasteiger partial charge in [-0.3, -0.25) is 15.0 Å². The lowest BCUT2D eigenvalue weighted by molar-refractivity contribution is 0.102. The van der Waals surface area contributed by atoms with Crippen LogP contribution in [0.3, 0.4) is 0 Å². The molecular weight excluding hydrogens is 360 g/mol. The van der Waals surface area contributed by atoms with Crippen LogP contribution in [0.1, 0.15) is 44.9 Å². The third kappa shape index (κ3) is 3.79. The maximum atomic E-state index is 12.6. The number of hydrogen-bond acceptors (Lipinski definition) is 6. The van der Waals surface area contributed by atoms with Gasteiger partial charge in [-0.15, -0.1) is 11.3 Å². The van der Waals surface area contributed by atoms with E-state index in [2.05, 4.69) is 44.6 Å². The fourth-order valence-electron chi connectivity index (χ4n) is 3.39. The summed E-state index contributed by atoms with van der Waals surface area (Å²) in [6.45, 7) is 6.50. The van der Waals surface area contributed by atoms with E-state index < -0.39 is 0 Å². The maximum Gasteiger partial charge on any atom is 0.262 e. The van der Waals surface area contributed by atoms with Gasteiger partial charge in [0.1, 0.15) is 11.3 Å². The maximum absolute atomic E-state index is 12.6. The van der Waals surface area contributed by atoms with Crippen molar-refractivity contribution in [2.75, 3.05) is 11.9 Å². The number of amides is 1. The van der Waals surface area contributed by atoms with Gasteiger partial charge < -0.3 is 4.52 Å². The van der Waals surface area contributed by atoms with Crippen molar-refractivity contribution in [2.24, 2.45) is 0 Å². The number of anilines is 1. The summed E-state index contributed by atoms with van der Waals surface area (Å²) in [7, 11) is 0. The molecule has 1 amide bonds. The Morgan fingerprint density at radius 1 is 1.33 bits per heavy atom. The summed E-state index contributed by atoms with van der Waals surface area (Å²) in [4.78, 5) is 20.9. The van der Waals surface area contributed by atoms with E-state index in [1.807, 2.05) is 13.0 Å². The fourth-order valence-corrected chi connectivity index (χ4v) is 4.43. The van der Waals surface area contributed by atoms with Crippen LogP contribution in [0.5, 0.6) is 0 Å². The van der Waals surface area contributed by atoms with E-state index in [-0.39, 0.29) is 5.91 Å². The number of rotatable bonds is 5. The molecule has 3 aromatic rings. The van der Waals surface area contributed by atoms with Crippen LogP contribution in [0, 0.1) is 6.92 Å². The van der Waals surface area contributed by atoms with Gasteiger partial charge in [0.05, 0.1) is 11.4 Å². The second-order valence-electron chi connectivity index (χ2n) is 6.71. The molecule has 1 aromatic carbocycles. The van der Waals surface area contributed by atoms with Gasteiger partial charge in [0.2, 0.25) is 0 Å². The lowest BCUT2D eigenvalue weighted by Crippen LogP contribution is -2.29. The first kappa shape index (κ1) is 17.9. The van der Waals surface area contributed by atoms with E-state index in [4.69, 9.17) is 4.52 Å². The normalized spacial score (nSPS) is 14.1. The van der Waals surface area contributed by atoms with Gasteiger partial charge in [0.15, 0.2) is 5.13 Å². The Balaban J connectivity index is 1.45. The molecule has 0 spiro atoms. The molecule has 0 fully saturated rings. The summed E-state index contributed by atoms with van der Waals surface area (Å²) in [6.07, 6.45) is 1.54. The van der Waals surface area contributed by atoms with E-state index >= 15 is 0 Å². The third-order valence-corrected chi connectivity index (χ3v) is 5.76. The first-order chi connectivity index (χ1) is 13.1. The van der Waals surface area contributed by atoms with Crippen LogP contribution < -0.4 is 5.32 Å². The van der Waals surface area contributed by atoms with Crippen LogP contribution in [0.25, 0.3) is 0 Å². The van der Waals surface area contributed by atoms with Crippen molar-refractivity contribution in [2.45, 2.75) is 39.8 Å². The average molecular weight is 382 g/mol. The minimum Gasteiger partial charge on any atom is -0.360 e. The third-order valence-electron chi connectivity index (χ3n) is 4.76. The number of hydrogen-bond donors (Lipinski definition) is 1. The molecule has 0 bridgehead atoms. The summed E-state index contributed by atoms with van der Waals surface area (Å²) in [5.74, 6) is 0.415. The van der Waals surface area contributed by atoms with Gasteiger partial charge in [0, 0.05) is 37.4 Å². The van der Waals surface area contributed by atoms with Crippen LogP contribution in [0.4, 0.5) is 5.13 Å². The van der Waals surface area contributed by atoms with Gasteiger partial charge >= 0.3 is 0 Å². The molecule has 3 heterocycles. The number of thiazole rings is 1. The lowest BCUT2D eigenvalue weighted by Gasteiger charge is -2.25. The standard InChI is InChI=1S/C20H22N4O2S/c1-3-16-18(13(2)23-26-16)19(25)22-20-21-15-9-10-24(12-17(15)27-20)11-14-7-5-4-6-8-14/h4-8H,3,9-12H2,1-2H3,(H,21,22,25). The van der Waals surface area contributed by atoms with Gasteiger partial charge in [0.25, 0.3) is 5.91 Å². The second-order valence-corrected chi connectivity index (χ2v) is 7.79. The SMILES string of the molecule is CCc1onc(C)c1C(=O)Nc1nc2c(s1)CN(Cc1ccccc1)CC2. The van der Waals surface area contributed by atoms with E-state index in [0.717, 1.165) is 31.7 Å². The number of benzene rings is 1. The molecule has 1 aliphatic heterocycles. The topological polar surface area (TPSA) is 71.3 Å². The lowest BCUT2D eigenvalue weighted by atomic mass is 10.1. The van der Waals surface area contributed by atoms with Crippen molar-refractivity contribution >= 4 is 22.4 Å². The van der Waals surface area contributed by atoms with Crippen LogP contribution >= 0.6 is 11.3 Å². The van der Waals surface area contributed by atoms with Crippen molar-refractivity contribution in [1.82, 2.24) is 15.0 Å². The van der Waals surface area contributed by atoms with E-state index in [0.29, 0.717) is 28.6 Å². The van der Waals surface area contributed by atoms with Gasteiger partial charge in [-0.2, -0.15) is 0 Å². The van der Waals surface area contributed by atoms with Gasteiger partial charge in [-0.25, -0.2) is 4.98 Å². The number of carbonyl (C=O) groups is 1. The molecule has 6 nitrogen and oxygen atoms in total. The van der Waals surface area contributed by atoms with E-state index in [1.165, 1.54) is 10.4 Å². The predicted octanol–water partition coefficient (Wildman–Crippen LogP) is 3.81. The summed E-state index contributed by atoms with van der Waals surface area (Å²) in [6, 6.07) is 10.5. The molecule has 1 aliphatic rings. The number of nitrogens with one attached hydrogen (secondary N) is 1. The Morgan fingerprint density at radius 2 is 2.15 bits per heavy atom. The zero-order valence-corrected chi connectivity index (χ0v) is 16.3. The molecule has 0 saturated carbocycles. The average Bonchev–Trinajstić information content (AvgIpc) is 3.24. The number of aryl methyl sites for hydroxylation is 2. The highest BCUT2D eigenvalue weighted by Gasteiger charge is 2.24. The Bertz CT molecular complexity index is 948. The molecule has 7 heteroatoms. The molecule has 4 rings (SSSR count). The molecule has 0 radical (unpaired) electrons. The molecule has 0 atom stereocenters. The van der Waals surface area contributed by atoms with Crippen LogP contribution in [0.15, 0.2) is 34.9 Å². The zero-order chi connectivity index (χ0) is 18.8. The highest BCUT2D eigenvalue weighted by molar-refractivity contribution is 7.15. The number of carbonyl (C=O) groups excluding carboxylic acids is 1. The van der Waals surface area contributed by atoms with Crippen molar-refractivity contribution in [3.63, 3.8) is 0 Å². The first-order valence-electron chi connectivity index (χ1n) is 9.15. The minimum absolute atomic E-state index is 0.196. The van der Waals surface area contributed by atoms with E-state index in [1.54, 1.807) is 18.3 Å². The Kier molecular flexibility index (Phi) is 5.05. The highest BCUT2D eigenvalue weighted by Crippen LogP contribution is 2.29. The zero-order valence-electron chi connectivity index (χ0n) is 15.5. The van der Waals surface area contributed by atoms with Crippen LogP contribution in [0.2, 0.25) is 0 Å². The van der Waals surface area contributed by atoms with Crippen molar-refractivity contribution in [1.29, 1.82) is 0 Å². The number of aromatic nitrogens is 2. The minimum atomic E-state index is -0.196. The van der Waals surface area contributed by atoms with Gasteiger partial charge in [-0.1, -0.05) is 42.4 Å². The Labute approximate surface area is 162 Å². The fraction of sp³-hybridized carbons (Fsp3) is 0.350. The summed E-state index contributed by atoms with van der Waals surface area (Å²) in [5, 5.41) is 7.48. The molecule has 0 unspecified atom stereocenters. The predicted molar refractivity (Wildman–Crippen MR) is 105 cm³/mol. The Hall–Kier alpha value is -2.51. The monoisotopic (exact) mass is 382 g/mol. The first-order valence-corrected chi connectivity index (χ1v) is 9.97. The Morgan fingerprint density at radius 3 is 2.93 bits per heavy atom. The quantitative estimate of drug-likeness (QED) is 0.726. The summed E-state index contributed by atoms with van der Waals surface area (Å²) < 4.78 is 5.22. The number of fused-ring (bicyclic) bond motifs is 1. The molecule has 0 aliphatic carbocycles. The van der Waals surface area contributed by atoms with Crippen molar-refractivity contribution in [3.05, 3.63) is 63.5 Å². The molecule has 0 saturated heterocycles. The summed E-state index contributed by atoms with van der Waals surface area (Å²) in [5.41, 5.74) is 3.54. The van der Waals surface area contributed by atoms with E-state index in [9.17, 15) is 4.79 Å². The molecule has 2 aromatic heterocycles.